The lowest BCUT2D eigenvalue weighted by molar-refractivity contribution is -0.274. The van der Waals surface area contributed by atoms with Gasteiger partial charge >= 0.3 is 6.36 Å². The van der Waals surface area contributed by atoms with Gasteiger partial charge < -0.3 is 15.0 Å². The Kier molecular flexibility index (Phi) is 5.03. The van der Waals surface area contributed by atoms with Crippen LogP contribution in [0.3, 0.4) is 0 Å². The molecule has 2 unspecified atom stereocenters. The van der Waals surface area contributed by atoms with Gasteiger partial charge in [0.2, 0.25) is 0 Å². The standard InChI is InChI=1S/C14H18BrF3N2O/c1-9-7-11(5-6-20(9)2)19-12-4-3-10(15)8-13(12)21-14(16,17)18/h3-4,8-9,11,19H,5-7H2,1-2H3. The van der Waals surface area contributed by atoms with Crippen molar-refractivity contribution in [1.82, 2.24) is 4.90 Å². The van der Waals surface area contributed by atoms with Crippen molar-refractivity contribution in [3.63, 3.8) is 0 Å². The molecule has 7 heteroatoms. The number of hydrogen-bond acceptors (Lipinski definition) is 3. The largest absolute Gasteiger partial charge is 0.573 e. The molecule has 3 nitrogen and oxygen atoms in total. The van der Waals surface area contributed by atoms with Crippen molar-refractivity contribution in [2.45, 2.75) is 38.2 Å². The van der Waals surface area contributed by atoms with Crippen molar-refractivity contribution >= 4 is 21.6 Å². The van der Waals surface area contributed by atoms with Crippen LogP contribution in [0, 0.1) is 0 Å². The highest BCUT2D eigenvalue weighted by Crippen LogP contribution is 2.34. The van der Waals surface area contributed by atoms with E-state index in [0.29, 0.717) is 16.2 Å². The fourth-order valence-electron chi connectivity index (χ4n) is 2.46. The smallest absolute Gasteiger partial charge is 0.404 e. The predicted octanol–water partition coefficient (Wildman–Crippen LogP) is 4.24. The van der Waals surface area contributed by atoms with Gasteiger partial charge in [-0.05, 0) is 45.0 Å². The minimum absolute atomic E-state index is 0.146. The van der Waals surface area contributed by atoms with Gasteiger partial charge in [0.05, 0.1) is 5.69 Å². The number of anilines is 1. The van der Waals surface area contributed by atoms with Crippen LogP contribution in [0.5, 0.6) is 5.75 Å². The van der Waals surface area contributed by atoms with Crippen LogP contribution in [0.1, 0.15) is 19.8 Å². The van der Waals surface area contributed by atoms with E-state index in [2.05, 4.69) is 44.9 Å². The van der Waals surface area contributed by atoms with Crippen molar-refractivity contribution in [1.29, 1.82) is 0 Å². The van der Waals surface area contributed by atoms with E-state index in [9.17, 15) is 13.2 Å². The summed E-state index contributed by atoms with van der Waals surface area (Å²) in [7, 11) is 2.05. The molecule has 0 aromatic heterocycles. The van der Waals surface area contributed by atoms with Gasteiger partial charge in [0, 0.05) is 23.1 Å². The third kappa shape index (κ3) is 4.78. The number of nitrogens with one attached hydrogen (secondary N) is 1. The Bertz CT molecular complexity index is 496. The third-order valence-corrected chi connectivity index (χ3v) is 4.23. The second-order valence-electron chi connectivity index (χ2n) is 5.38. The van der Waals surface area contributed by atoms with Crippen molar-refractivity contribution in [2.75, 3.05) is 18.9 Å². The van der Waals surface area contributed by atoms with Crippen molar-refractivity contribution < 1.29 is 17.9 Å². The monoisotopic (exact) mass is 366 g/mol. The second kappa shape index (κ2) is 6.44. The summed E-state index contributed by atoms with van der Waals surface area (Å²) in [4.78, 5) is 2.24. The number of halogens is 4. The molecule has 0 saturated carbocycles. The fraction of sp³-hybridized carbons (Fsp3) is 0.571. The molecule has 0 aliphatic carbocycles. The maximum Gasteiger partial charge on any atom is 0.573 e. The highest BCUT2D eigenvalue weighted by atomic mass is 79.9. The highest BCUT2D eigenvalue weighted by molar-refractivity contribution is 9.10. The number of likely N-dealkylation sites (tertiary alicyclic amines) is 1. The van der Waals surface area contributed by atoms with Crippen molar-refractivity contribution in [2.24, 2.45) is 0 Å². The Balaban J connectivity index is 2.12. The number of alkyl halides is 3. The van der Waals surface area contributed by atoms with Crippen LogP contribution in [-0.2, 0) is 0 Å². The molecule has 1 N–H and O–H groups in total. The Morgan fingerprint density at radius 1 is 1.38 bits per heavy atom. The van der Waals surface area contributed by atoms with E-state index in [1.165, 1.54) is 6.07 Å². The number of piperidine rings is 1. The Morgan fingerprint density at radius 3 is 2.71 bits per heavy atom. The van der Waals surface area contributed by atoms with E-state index >= 15 is 0 Å². The Morgan fingerprint density at radius 2 is 2.10 bits per heavy atom. The highest BCUT2D eigenvalue weighted by Gasteiger charge is 2.33. The lowest BCUT2D eigenvalue weighted by atomic mass is 9.98. The molecule has 0 spiro atoms. The van der Waals surface area contributed by atoms with Crippen LogP contribution in [-0.4, -0.2) is 36.9 Å². The minimum Gasteiger partial charge on any atom is -0.404 e. The number of hydrogen-bond donors (Lipinski definition) is 1. The summed E-state index contributed by atoms with van der Waals surface area (Å²) in [5.74, 6) is -0.205. The zero-order valence-corrected chi connectivity index (χ0v) is 13.5. The topological polar surface area (TPSA) is 24.5 Å². The van der Waals surface area contributed by atoms with Crippen molar-refractivity contribution in [3.8, 4) is 5.75 Å². The Labute approximate surface area is 130 Å². The molecule has 2 rings (SSSR count). The number of rotatable bonds is 3. The van der Waals surface area contributed by atoms with E-state index in [-0.39, 0.29) is 11.8 Å². The van der Waals surface area contributed by atoms with Gasteiger partial charge in [0.1, 0.15) is 0 Å². The van der Waals surface area contributed by atoms with E-state index in [1.54, 1.807) is 12.1 Å². The van der Waals surface area contributed by atoms with E-state index in [4.69, 9.17) is 0 Å². The molecule has 1 aliphatic rings. The average molecular weight is 367 g/mol. The zero-order chi connectivity index (χ0) is 15.6. The maximum absolute atomic E-state index is 12.5. The summed E-state index contributed by atoms with van der Waals surface area (Å²) in [6.07, 6.45) is -2.92. The van der Waals surface area contributed by atoms with Gasteiger partial charge in [-0.25, -0.2) is 0 Å². The first-order valence-corrected chi connectivity index (χ1v) is 7.56. The molecule has 0 amide bonds. The molecule has 0 radical (unpaired) electrons. The number of benzene rings is 1. The molecule has 1 aliphatic heterocycles. The molecule has 1 aromatic rings. The summed E-state index contributed by atoms with van der Waals surface area (Å²) < 4.78 is 42.1. The SMILES string of the molecule is CC1CC(Nc2ccc(Br)cc2OC(F)(F)F)CCN1C. The molecule has 21 heavy (non-hydrogen) atoms. The first kappa shape index (κ1) is 16.4. The zero-order valence-electron chi connectivity index (χ0n) is 11.9. The molecule has 118 valence electrons. The summed E-state index contributed by atoms with van der Waals surface area (Å²) in [6.45, 7) is 3.04. The predicted molar refractivity (Wildman–Crippen MR) is 79.6 cm³/mol. The van der Waals surface area contributed by atoms with E-state index < -0.39 is 6.36 Å². The van der Waals surface area contributed by atoms with Crippen LogP contribution in [0.25, 0.3) is 0 Å². The fourth-order valence-corrected chi connectivity index (χ4v) is 2.81. The van der Waals surface area contributed by atoms with Gasteiger partial charge in [0.25, 0.3) is 0 Å². The molecule has 1 heterocycles. The van der Waals surface area contributed by atoms with E-state index in [1.807, 2.05) is 0 Å². The summed E-state index contributed by atoms with van der Waals surface area (Å²) in [6, 6.07) is 5.18. The normalized spacial score (nSPS) is 23.9. The summed E-state index contributed by atoms with van der Waals surface area (Å²) in [5.41, 5.74) is 0.372. The van der Waals surface area contributed by atoms with Gasteiger partial charge in [-0.15, -0.1) is 13.2 Å². The third-order valence-electron chi connectivity index (χ3n) is 3.74. The van der Waals surface area contributed by atoms with Crippen LogP contribution in [0.2, 0.25) is 0 Å². The van der Waals surface area contributed by atoms with Gasteiger partial charge in [-0.1, -0.05) is 15.9 Å². The molecular weight excluding hydrogens is 349 g/mol. The van der Waals surface area contributed by atoms with Crippen LogP contribution in [0.4, 0.5) is 18.9 Å². The quantitative estimate of drug-likeness (QED) is 0.865. The Hall–Kier alpha value is -0.950. The lowest BCUT2D eigenvalue weighted by Crippen LogP contribution is -2.42. The average Bonchev–Trinajstić information content (AvgIpc) is 2.35. The summed E-state index contributed by atoms with van der Waals surface area (Å²) >= 11 is 3.16. The van der Waals surface area contributed by atoms with E-state index in [0.717, 1.165) is 19.4 Å². The van der Waals surface area contributed by atoms with Crippen LogP contribution < -0.4 is 10.1 Å². The number of nitrogens with zero attached hydrogens (tertiary/aromatic N) is 1. The molecular formula is C14H18BrF3N2O. The second-order valence-corrected chi connectivity index (χ2v) is 6.30. The molecule has 1 fully saturated rings. The van der Waals surface area contributed by atoms with Crippen molar-refractivity contribution in [3.05, 3.63) is 22.7 Å². The van der Waals surface area contributed by atoms with Gasteiger partial charge in [-0.3, -0.25) is 0 Å². The molecule has 0 bridgehead atoms. The van der Waals surface area contributed by atoms with Gasteiger partial charge in [0.15, 0.2) is 5.75 Å². The van der Waals surface area contributed by atoms with Crippen LogP contribution in [0.15, 0.2) is 22.7 Å². The number of ether oxygens (including phenoxy) is 1. The molecule has 1 aromatic carbocycles. The maximum atomic E-state index is 12.5. The first-order valence-electron chi connectivity index (χ1n) is 6.76. The summed E-state index contributed by atoms with van der Waals surface area (Å²) in [5, 5.41) is 3.18. The van der Waals surface area contributed by atoms with Gasteiger partial charge in [-0.2, -0.15) is 0 Å². The minimum atomic E-state index is -4.70. The molecule has 2 atom stereocenters. The first-order chi connectivity index (χ1) is 9.74. The lowest BCUT2D eigenvalue weighted by Gasteiger charge is -2.36. The van der Waals surface area contributed by atoms with Crippen LogP contribution >= 0.6 is 15.9 Å². The molecule has 1 saturated heterocycles.